The standard InChI is InChI=1S/C20H16N2O4S/c21-27(25,26)18-11-5-10-17(13-18)22-20(24)16-9-4-8-15(12-16)19(23)14-6-2-1-3-7-14/h1-13H,(H,22,24)(H2,21,25,26). The summed E-state index contributed by atoms with van der Waals surface area (Å²) in [5.74, 6) is -0.661. The minimum absolute atomic E-state index is 0.103. The van der Waals surface area contributed by atoms with Crippen LogP contribution in [0.1, 0.15) is 26.3 Å². The first-order valence-corrected chi connectivity index (χ1v) is 9.53. The number of sulfonamides is 1. The van der Waals surface area contributed by atoms with Crippen LogP contribution in [0.2, 0.25) is 0 Å². The summed E-state index contributed by atoms with van der Waals surface area (Å²) in [5.41, 5.74) is 1.46. The van der Waals surface area contributed by atoms with Crippen molar-refractivity contribution in [2.24, 2.45) is 5.14 Å². The van der Waals surface area contributed by atoms with Crippen molar-refractivity contribution in [1.29, 1.82) is 0 Å². The van der Waals surface area contributed by atoms with Crippen LogP contribution in [0, 0.1) is 0 Å². The Bertz CT molecular complexity index is 1110. The highest BCUT2D eigenvalue weighted by atomic mass is 32.2. The Kier molecular flexibility index (Phi) is 5.16. The maximum atomic E-state index is 12.5. The lowest BCUT2D eigenvalue weighted by molar-refractivity contribution is 0.102. The van der Waals surface area contributed by atoms with Gasteiger partial charge in [-0.2, -0.15) is 0 Å². The van der Waals surface area contributed by atoms with Gasteiger partial charge in [-0.25, -0.2) is 13.6 Å². The number of hydrogen-bond donors (Lipinski definition) is 2. The Morgan fingerprint density at radius 2 is 1.37 bits per heavy atom. The van der Waals surface area contributed by atoms with E-state index in [1.165, 1.54) is 24.3 Å². The average molecular weight is 380 g/mol. The largest absolute Gasteiger partial charge is 0.322 e. The number of hydrogen-bond acceptors (Lipinski definition) is 4. The maximum Gasteiger partial charge on any atom is 0.255 e. The van der Waals surface area contributed by atoms with Gasteiger partial charge in [0, 0.05) is 22.4 Å². The average Bonchev–Trinajstić information content (AvgIpc) is 2.68. The summed E-state index contributed by atoms with van der Waals surface area (Å²) in [6, 6.07) is 20.7. The van der Waals surface area contributed by atoms with Crippen molar-refractivity contribution in [2.75, 3.05) is 5.32 Å². The molecule has 0 fully saturated rings. The minimum Gasteiger partial charge on any atom is -0.322 e. The van der Waals surface area contributed by atoms with Crippen LogP contribution in [0.4, 0.5) is 5.69 Å². The Balaban J connectivity index is 1.83. The Morgan fingerprint density at radius 1 is 0.741 bits per heavy atom. The number of primary sulfonamides is 1. The van der Waals surface area contributed by atoms with Crippen molar-refractivity contribution < 1.29 is 18.0 Å². The molecule has 136 valence electrons. The fourth-order valence-corrected chi connectivity index (χ4v) is 3.07. The van der Waals surface area contributed by atoms with Gasteiger partial charge in [0.25, 0.3) is 5.91 Å². The van der Waals surface area contributed by atoms with E-state index < -0.39 is 15.9 Å². The normalized spacial score (nSPS) is 11.0. The molecule has 0 spiro atoms. The number of benzene rings is 3. The second-order valence-electron chi connectivity index (χ2n) is 5.80. The molecule has 3 aromatic rings. The molecule has 7 heteroatoms. The molecular weight excluding hydrogens is 364 g/mol. The molecule has 3 rings (SSSR count). The van der Waals surface area contributed by atoms with Gasteiger partial charge in [-0.3, -0.25) is 9.59 Å². The second-order valence-corrected chi connectivity index (χ2v) is 7.36. The summed E-state index contributed by atoms with van der Waals surface area (Å²) >= 11 is 0. The molecule has 0 radical (unpaired) electrons. The van der Waals surface area contributed by atoms with E-state index in [0.717, 1.165) is 0 Å². The lowest BCUT2D eigenvalue weighted by Gasteiger charge is -2.08. The third-order valence-electron chi connectivity index (χ3n) is 3.84. The van der Waals surface area contributed by atoms with Crippen LogP contribution in [0.3, 0.4) is 0 Å². The number of amides is 1. The van der Waals surface area contributed by atoms with E-state index in [1.807, 2.05) is 6.07 Å². The van der Waals surface area contributed by atoms with Gasteiger partial charge < -0.3 is 5.32 Å². The zero-order valence-corrected chi connectivity index (χ0v) is 14.9. The number of carbonyl (C=O) groups is 2. The highest BCUT2D eigenvalue weighted by Crippen LogP contribution is 2.17. The molecule has 0 heterocycles. The summed E-state index contributed by atoms with van der Waals surface area (Å²) in [4.78, 5) is 24.9. The molecule has 3 N–H and O–H groups in total. The van der Waals surface area contributed by atoms with Crippen LogP contribution in [-0.4, -0.2) is 20.1 Å². The molecule has 0 unspecified atom stereocenters. The molecule has 3 aromatic carbocycles. The van der Waals surface area contributed by atoms with Crippen LogP contribution in [0.5, 0.6) is 0 Å². The molecule has 0 atom stereocenters. The van der Waals surface area contributed by atoms with E-state index in [1.54, 1.807) is 48.5 Å². The monoisotopic (exact) mass is 380 g/mol. The van der Waals surface area contributed by atoms with Crippen LogP contribution in [-0.2, 0) is 10.0 Å². The molecule has 0 aliphatic rings. The van der Waals surface area contributed by atoms with Crippen molar-refractivity contribution in [2.45, 2.75) is 4.90 Å². The topological polar surface area (TPSA) is 106 Å². The minimum atomic E-state index is -3.87. The van der Waals surface area contributed by atoms with Gasteiger partial charge in [0.1, 0.15) is 0 Å². The number of rotatable bonds is 5. The van der Waals surface area contributed by atoms with Crippen molar-refractivity contribution in [1.82, 2.24) is 0 Å². The van der Waals surface area contributed by atoms with Crippen molar-refractivity contribution >= 4 is 27.4 Å². The molecule has 1 amide bonds. The quantitative estimate of drug-likeness (QED) is 0.664. The second kappa shape index (κ2) is 7.53. The van der Waals surface area contributed by atoms with E-state index in [0.29, 0.717) is 11.1 Å². The fraction of sp³-hybridized carbons (Fsp3) is 0. The van der Waals surface area contributed by atoms with Gasteiger partial charge in [0.15, 0.2) is 5.78 Å². The zero-order chi connectivity index (χ0) is 19.4. The van der Waals surface area contributed by atoms with Gasteiger partial charge >= 0.3 is 0 Å². The van der Waals surface area contributed by atoms with Gasteiger partial charge in [-0.05, 0) is 30.3 Å². The van der Waals surface area contributed by atoms with Crippen LogP contribution in [0.15, 0.2) is 83.8 Å². The Labute approximate surface area is 156 Å². The van der Waals surface area contributed by atoms with Crippen LogP contribution < -0.4 is 10.5 Å². The predicted octanol–water partition coefficient (Wildman–Crippen LogP) is 2.82. The third kappa shape index (κ3) is 4.46. The number of anilines is 1. The molecule has 6 nitrogen and oxygen atoms in total. The molecule has 0 aliphatic heterocycles. The first kappa shape index (κ1) is 18.5. The van der Waals surface area contributed by atoms with Gasteiger partial charge in [0.2, 0.25) is 10.0 Å². The number of carbonyl (C=O) groups excluding carboxylic acids is 2. The highest BCUT2D eigenvalue weighted by Gasteiger charge is 2.13. The van der Waals surface area contributed by atoms with E-state index >= 15 is 0 Å². The van der Waals surface area contributed by atoms with E-state index in [9.17, 15) is 18.0 Å². The summed E-state index contributed by atoms with van der Waals surface area (Å²) in [5, 5.41) is 7.70. The summed E-state index contributed by atoms with van der Waals surface area (Å²) < 4.78 is 22.8. The summed E-state index contributed by atoms with van der Waals surface area (Å²) in [6.07, 6.45) is 0. The molecule has 0 bridgehead atoms. The summed E-state index contributed by atoms with van der Waals surface area (Å²) in [6.45, 7) is 0. The smallest absolute Gasteiger partial charge is 0.255 e. The first-order valence-electron chi connectivity index (χ1n) is 7.98. The molecular formula is C20H16N2O4S. The maximum absolute atomic E-state index is 12.5. The fourth-order valence-electron chi connectivity index (χ4n) is 2.51. The molecule has 0 saturated carbocycles. The van der Waals surface area contributed by atoms with Gasteiger partial charge in [-0.15, -0.1) is 0 Å². The van der Waals surface area contributed by atoms with Crippen molar-refractivity contribution in [3.63, 3.8) is 0 Å². The molecule has 0 saturated heterocycles. The van der Waals surface area contributed by atoms with Gasteiger partial charge in [-0.1, -0.05) is 48.5 Å². The van der Waals surface area contributed by atoms with Crippen LogP contribution in [0.25, 0.3) is 0 Å². The van der Waals surface area contributed by atoms with E-state index in [2.05, 4.69) is 5.32 Å². The molecule has 27 heavy (non-hydrogen) atoms. The number of nitrogens with one attached hydrogen (secondary N) is 1. The Morgan fingerprint density at radius 3 is 2.07 bits per heavy atom. The molecule has 0 aromatic heterocycles. The molecule has 0 aliphatic carbocycles. The van der Waals surface area contributed by atoms with Crippen molar-refractivity contribution in [3.8, 4) is 0 Å². The predicted molar refractivity (Wildman–Crippen MR) is 102 cm³/mol. The summed E-state index contributed by atoms with van der Waals surface area (Å²) in [7, 11) is -3.87. The number of ketones is 1. The SMILES string of the molecule is NS(=O)(=O)c1cccc(NC(=O)c2cccc(C(=O)c3ccccc3)c2)c1. The lowest BCUT2D eigenvalue weighted by atomic mass is 10.0. The highest BCUT2D eigenvalue weighted by molar-refractivity contribution is 7.89. The first-order chi connectivity index (χ1) is 12.8. The van der Waals surface area contributed by atoms with Crippen LogP contribution >= 0.6 is 0 Å². The third-order valence-corrected chi connectivity index (χ3v) is 4.75. The van der Waals surface area contributed by atoms with Crippen molar-refractivity contribution in [3.05, 3.63) is 95.6 Å². The zero-order valence-electron chi connectivity index (χ0n) is 14.1. The van der Waals surface area contributed by atoms with E-state index in [4.69, 9.17) is 5.14 Å². The lowest BCUT2D eigenvalue weighted by Crippen LogP contribution is -2.15. The van der Waals surface area contributed by atoms with Gasteiger partial charge in [0.05, 0.1) is 4.90 Å². The van der Waals surface area contributed by atoms with E-state index in [-0.39, 0.29) is 21.9 Å². The Hall–Kier alpha value is -3.29. The number of nitrogens with two attached hydrogens (primary N) is 1.